The number of rotatable bonds is 3. The van der Waals surface area contributed by atoms with Crippen molar-refractivity contribution in [2.75, 3.05) is 31.1 Å². The number of anilines is 1. The lowest BCUT2D eigenvalue weighted by molar-refractivity contribution is -0.142. The summed E-state index contributed by atoms with van der Waals surface area (Å²) in [4.78, 5) is 21.2. The summed E-state index contributed by atoms with van der Waals surface area (Å²) in [5.74, 6) is -0.417. The molecule has 1 amide bonds. The van der Waals surface area contributed by atoms with Gasteiger partial charge in [-0.25, -0.2) is 9.50 Å². The van der Waals surface area contributed by atoms with Crippen LogP contribution in [0.5, 0.6) is 0 Å². The minimum absolute atomic E-state index is 0.0500. The summed E-state index contributed by atoms with van der Waals surface area (Å²) < 4.78 is 42.2. The molecule has 1 saturated heterocycles. The molecule has 6 nitrogen and oxygen atoms in total. The number of alkyl halides is 3. The van der Waals surface area contributed by atoms with Crippen molar-refractivity contribution in [3.8, 4) is 11.3 Å². The van der Waals surface area contributed by atoms with Crippen molar-refractivity contribution in [2.24, 2.45) is 0 Å². The number of carbonyl (C=O) groups excluding carboxylic acids is 1. The molecule has 174 valence electrons. The number of hydrogen-bond donors (Lipinski definition) is 0. The molecule has 1 aliphatic heterocycles. The minimum atomic E-state index is -4.68. The van der Waals surface area contributed by atoms with Crippen molar-refractivity contribution in [2.45, 2.75) is 6.18 Å². The Morgan fingerprint density at radius 3 is 2.24 bits per heavy atom. The molecule has 0 radical (unpaired) electrons. The van der Waals surface area contributed by atoms with E-state index in [2.05, 4.69) is 15.0 Å². The average molecular weight is 486 g/mol. The Morgan fingerprint density at radius 2 is 1.59 bits per heavy atom. The van der Waals surface area contributed by atoms with Crippen LogP contribution < -0.4 is 4.90 Å². The van der Waals surface area contributed by atoms with E-state index in [1.807, 2.05) is 30.3 Å². The Hall–Kier alpha value is -3.59. The standard InChI is InChI=1S/C24H19ClF3N5O/c25-17-8-6-16(7-9-17)19-14-21(24(26,27)28)33-22(29-19)15-20(30-33)23(34)32-12-10-31(11-13-32)18-4-2-1-3-5-18/h1-9,14-15H,10-13H2. The average Bonchev–Trinajstić information content (AvgIpc) is 3.27. The molecule has 0 spiro atoms. The normalized spacial score (nSPS) is 14.6. The first-order valence-corrected chi connectivity index (χ1v) is 11.0. The highest BCUT2D eigenvalue weighted by molar-refractivity contribution is 6.30. The second kappa shape index (κ2) is 8.64. The van der Waals surface area contributed by atoms with Gasteiger partial charge in [0, 0.05) is 48.5 Å². The van der Waals surface area contributed by atoms with Gasteiger partial charge in [-0.05, 0) is 30.3 Å². The Labute approximate surface area is 198 Å². The summed E-state index contributed by atoms with van der Waals surface area (Å²) in [6.07, 6.45) is -4.68. The zero-order valence-corrected chi connectivity index (χ0v) is 18.6. The monoisotopic (exact) mass is 485 g/mol. The maximum atomic E-state index is 13.8. The fourth-order valence-electron chi connectivity index (χ4n) is 4.02. The third-order valence-electron chi connectivity index (χ3n) is 5.76. The van der Waals surface area contributed by atoms with Crippen molar-refractivity contribution < 1.29 is 18.0 Å². The van der Waals surface area contributed by atoms with Crippen molar-refractivity contribution in [3.63, 3.8) is 0 Å². The highest BCUT2D eigenvalue weighted by Crippen LogP contribution is 2.32. The molecule has 0 atom stereocenters. The van der Waals surface area contributed by atoms with Gasteiger partial charge in [-0.2, -0.15) is 18.3 Å². The summed E-state index contributed by atoms with van der Waals surface area (Å²) in [5.41, 5.74) is 0.535. The van der Waals surface area contributed by atoms with Crippen LogP contribution >= 0.6 is 11.6 Å². The van der Waals surface area contributed by atoms with E-state index < -0.39 is 17.8 Å². The summed E-state index contributed by atoms with van der Waals surface area (Å²) in [6, 6.07) is 18.4. The largest absolute Gasteiger partial charge is 0.433 e. The van der Waals surface area contributed by atoms with Crippen LogP contribution in [0.3, 0.4) is 0 Å². The zero-order chi connectivity index (χ0) is 23.9. The van der Waals surface area contributed by atoms with Gasteiger partial charge in [0.2, 0.25) is 0 Å². The molecular weight excluding hydrogens is 467 g/mol. The Balaban J connectivity index is 1.44. The van der Waals surface area contributed by atoms with Crippen LogP contribution in [0.4, 0.5) is 18.9 Å². The van der Waals surface area contributed by atoms with Gasteiger partial charge in [-0.3, -0.25) is 4.79 Å². The quantitative estimate of drug-likeness (QED) is 0.408. The topological polar surface area (TPSA) is 53.7 Å². The van der Waals surface area contributed by atoms with E-state index >= 15 is 0 Å². The van der Waals surface area contributed by atoms with E-state index in [4.69, 9.17) is 11.6 Å². The molecule has 4 aromatic rings. The van der Waals surface area contributed by atoms with Crippen LogP contribution in [-0.2, 0) is 6.18 Å². The highest BCUT2D eigenvalue weighted by atomic mass is 35.5. The molecule has 34 heavy (non-hydrogen) atoms. The van der Waals surface area contributed by atoms with E-state index in [0.717, 1.165) is 11.8 Å². The van der Waals surface area contributed by atoms with Gasteiger partial charge in [0.1, 0.15) is 0 Å². The van der Waals surface area contributed by atoms with Gasteiger partial charge < -0.3 is 9.80 Å². The number of amides is 1. The third kappa shape index (κ3) is 4.31. The van der Waals surface area contributed by atoms with Gasteiger partial charge in [0.05, 0.1) is 5.69 Å². The molecule has 1 aliphatic rings. The van der Waals surface area contributed by atoms with Crippen LogP contribution in [0.1, 0.15) is 16.2 Å². The van der Waals surface area contributed by atoms with Gasteiger partial charge in [0.15, 0.2) is 17.0 Å². The number of piperazine rings is 1. The Bertz CT molecular complexity index is 1330. The van der Waals surface area contributed by atoms with Gasteiger partial charge in [-0.15, -0.1) is 0 Å². The number of aromatic nitrogens is 3. The fraction of sp³-hybridized carbons (Fsp3) is 0.208. The second-order valence-electron chi connectivity index (χ2n) is 7.95. The first kappa shape index (κ1) is 22.2. The zero-order valence-electron chi connectivity index (χ0n) is 17.8. The number of hydrogen-bond acceptors (Lipinski definition) is 4. The van der Waals surface area contributed by atoms with Crippen molar-refractivity contribution in [1.82, 2.24) is 19.5 Å². The molecule has 0 saturated carbocycles. The SMILES string of the molecule is O=C(c1cc2nc(-c3ccc(Cl)cc3)cc(C(F)(F)F)n2n1)N1CCN(c2ccccc2)CC1. The predicted molar refractivity (Wildman–Crippen MR) is 123 cm³/mol. The number of benzene rings is 2. The molecule has 1 fully saturated rings. The summed E-state index contributed by atoms with van der Waals surface area (Å²) in [5, 5.41) is 4.45. The molecular formula is C24H19ClF3N5O. The van der Waals surface area contributed by atoms with Crippen molar-refractivity contribution in [3.05, 3.63) is 83.1 Å². The maximum Gasteiger partial charge on any atom is 0.433 e. The summed E-state index contributed by atoms with van der Waals surface area (Å²) >= 11 is 5.89. The fourth-order valence-corrected chi connectivity index (χ4v) is 4.14. The molecule has 0 N–H and O–H groups in total. The van der Waals surface area contributed by atoms with Gasteiger partial charge in [-0.1, -0.05) is 41.9 Å². The van der Waals surface area contributed by atoms with Crippen LogP contribution in [0.25, 0.3) is 16.9 Å². The molecule has 5 rings (SSSR count). The second-order valence-corrected chi connectivity index (χ2v) is 8.38. The molecule has 3 heterocycles. The smallest absolute Gasteiger partial charge is 0.368 e. The molecule has 0 unspecified atom stereocenters. The number of para-hydroxylation sites is 1. The van der Waals surface area contributed by atoms with Crippen molar-refractivity contribution in [1.29, 1.82) is 0 Å². The minimum Gasteiger partial charge on any atom is -0.368 e. The van der Waals surface area contributed by atoms with E-state index in [-0.39, 0.29) is 17.0 Å². The highest BCUT2D eigenvalue weighted by Gasteiger charge is 2.36. The Morgan fingerprint density at radius 1 is 0.912 bits per heavy atom. The van der Waals surface area contributed by atoms with Gasteiger partial charge >= 0.3 is 6.18 Å². The van der Waals surface area contributed by atoms with E-state index in [0.29, 0.717) is 41.3 Å². The molecule has 2 aromatic heterocycles. The molecule has 0 bridgehead atoms. The van der Waals surface area contributed by atoms with E-state index in [9.17, 15) is 18.0 Å². The summed E-state index contributed by atoms with van der Waals surface area (Å²) in [6.45, 7) is 2.13. The maximum absolute atomic E-state index is 13.8. The van der Waals surface area contributed by atoms with Crippen LogP contribution in [-0.4, -0.2) is 51.6 Å². The van der Waals surface area contributed by atoms with E-state index in [1.165, 1.54) is 6.07 Å². The number of carbonyl (C=O) groups is 1. The first-order valence-electron chi connectivity index (χ1n) is 10.6. The third-order valence-corrected chi connectivity index (χ3v) is 6.02. The lowest BCUT2D eigenvalue weighted by Gasteiger charge is -2.35. The number of nitrogens with zero attached hydrogens (tertiary/aromatic N) is 5. The summed E-state index contributed by atoms with van der Waals surface area (Å²) in [7, 11) is 0. The lowest BCUT2D eigenvalue weighted by Crippen LogP contribution is -2.48. The van der Waals surface area contributed by atoms with Gasteiger partial charge in [0.25, 0.3) is 5.91 Å². The molecule has 0 aliphatic carbocycles. The van der Waals surface area contributed by atoms with Crippen LogP contribution in [0.15, 0.2) is 66.7 Å². The first-order chi connectivity index (χ1) is 16.3. The lowest BCUT2D eigenvalue weighted by atomic mass is 10.1. The van der Waals surface area contributed by atoms with Crippen LogP contribution in [0, 0.1) is 0 Å². The van der Waals surface area contributed by atoms with Crippen molar-refractivity contribution >= 4 is 28.8 Å². The Kier molecular flexibility index (Phi) is 5.65. The van der Waals surface area contributed by atoms with Crippen LogP contribution in [0.2, 0.25) is 5.02 Å². The molecule has 10 heteroatoms. The predicted octanol–water partition coefficient (Wildman–Crippen LogP) is 5.03. The van der Waals surface area contributed by atoms with E-state index in [1.54, 1.807) is 29.2 Å². The number of fused-ring (bicyclic) bond motifs is 1. The molecule has 2 aromatic carbocycles. The number of halogens is 4.